The molecule has 0 amide bonds. The Morgan fingerprint density at radius 1 is 1.31 bits per heavy atom. The maximum Gasteiger partial charge on any atom is 0.0220 e. The van der Waals surface area contributed by atoms with E-state index in [1.165, 1.54) is 37.8 Å². The molecule has 2 rings (SSSR count). The summed E-state index contributed by atoms with van der Waals surface area (Å²) in [5.41, 5.74) is 1.40. The Morgan fingerprint density at radius 2 is 2.06 bits per heavy atom. The molecule has 1 N–H and O–H groups in total. The Hall–Kier alpha value is -0.760. The highest BCUT2D eigenvalue weighted by Crippen LogP contribution is 2.27. The van der Waals surface area contributed by atoms with E-state index in [0.29, 0.717) is 0 Å². The van der Waals surface area contributed by atoms with Gasteiger partial charge in [-0.2, -0.15) is 0 Å². The van der Waals surface area contributed by atoms with Crippen molar-refractivity contribution in [1.29, 1.82) is 0 Å². The van der Waals surface area contributed by atoms with Gasteiger partial charge in [0.25, 0.3) is 0 Å². The first-order chi connectivity index (χ1) is 7.74. The van der Waals surface area contributed by atoms with E-state index in [9.17, 15) is 0 Å². The molecule has 2 heteroatoms. The average Bonchev–Trinajstić information content (AvgIpc) is 2.67. The van der Waals surface area contributed by atoms with Crippen LogP contribution in [0.5, 0.6) is 0 Å². The fourth-order valence-electron chi connectivity index (χ4n) is 2.62. The number of hydrogen-bond donors (Lipinski definition) is 1. The summed E-state index contributed by atoms with van der Waals surface area (Å²) in [6, 6.07) is 2.19. The molecule has 1 aliphatic rings. The lowest BCUT2D eigenvalue weighted by atomic mass is 9.83. The topological polar surface area (TPSA) is 17.0 Å². The van der Waals surface area contributed by atoms with Gasteiger partial charge in [-0.3, -0.25) is 0 Å². The van der Waals surface area contributed by atoms with E-state index in [1.54, 1.807) is 0 Å². The molecular formula is C14H24N2. The van der Waals surface area contributed by atoms with Gasteiger partial charge in [-0.1, -0.05) is 19.8 Å². The van der Waals surface area contributed by atoms with Crippen LogP contribution in [0.25, 0.3) is 0 Å². The van der Waals surface area contributed by atoms with Crippen LogP contribution in [0.4, 0.5) is 0 Å². The molecule has 0 aromatic carbocycles. The fourth-order valence-corrected chi connectivity index (χ4v) is 2.62. The van der Waals surface area contributed by atoms with Gasteiger partial charge in [0, 0.05) is 26.0 Å². The zero-order valence-corrected chi connectivity index (χ0v) is 10.6. The first kappa shape index (κ1) is 11.7. The minimum Gasteiger partial charge on any atom is -0.357 e. The van der Waals surface area contributed by atoms with E-state index in [4.69, 9.17) is 0 Å². The lowest BCUT2D eigenvalue weighted by molar-refractivity contribution is 0.281. The molecule has 0 bridgehead atoms. The van der Waals surface area contributed by atoms with Crippen LogP contribution >= 0.6 is 0 Å². The molecule has 1 aromatic heterocycles. The lowest BCUT2D eigenvalue weighted by Crippen LogP contribution is -2.25. The summed E-state index contributed by atoms with van der Waals surface area (Å²) >= 11 is 0. The molecule has 0 atom stereocenters. The Balaban J connectivity index is 1.64. The van der Waals surface area contributed by atoms with Gasteiger partial charge in [0.15, 0.2) is 0 Å². The van der Waals surface area contributed by atoms with Crippen molar-refractivity contribution in [3.8, 4) is 0 Å². The second-order valence-corrected chi connectivity index (χ2v) is 5.44. The third-order valence-electron chi connectivity index (χ3n) is 3.79. The number of nitrogens with one attached hydrogen (secondary N) is 1. The van der Waals surface area contributed by atoms with Crippen LogP contribution in [0.3, 0.4) is 0 Å². The predicted molar refractivity (Wildman–Crippen MR) is 68.2 cm³/mol. The highest BCUT2D eigenvalue weighted by Gasteiger charge is 2.17. The van der Waals surface area contributed by atoms with E-state index < -0.39 is 0 Å². The smallest absolute Gasteiger partial charge is 0.0220 e. The zero-order valence-electron chi connectivity index (χ0n) is 10.6. The molecule has 1 heterocycles. The van der Waals surface area contributed by atoms with Crippen LogP contribution in [0.15, 0.2) is 18.5 Å². The number of rotatable bonds is 4. The molecule has 1 aromatic rings. The lowest BCUT2D eigenvalue weighted by Gasteiger charge is -2.26. The van der Waals surface area contributed by atoms with Crippen LogP contribution in [0, 0.1) is 11.8 Å². The molecule has 0 radical (unpaired) electrons. The summed E-state index contributed by atoms with van der Waals surface area (Å²) in [6.07, 6.45) is 10.00. The molecule has 1 fully saturated rings. The van der Waals surface area contributed by atoms with Gasteiger partial charge in [0.2, 0.25) is 0 Å². The highest BCUT2D eigenvalue weighted by molar-refractivity contribution is 5.09. The molecule has 1 aliphatic carbocycles. The summed E-state index contributed by atoms with van der Waals surface area (Å²) in [7, 11) is 2.08. The van der Waals surface area contributed by atoms with E-state index in [1.807, 2.05) is 0 Å². The summed E-state index contributed by atoms with van der Waals surface area (Å²) in [5.74, 6) is 1.88. The van der Waals surface area contributed by atoms with Crippen molar-refractivity contribution in [2.45, 2.75) is 39.2 Å². The number of aromatic nitrogens is 1. The van der Waals surface area contributed by atoms with Crippen molar-refractivity contribution in [3.05, 3.63) is 24.0 Å². The molecule has 0 unspecified atom stereocenters. The minimum atomic E-state index is 0.917. The third kappa shape index (κ3) is 3.38. The van der Waals surface area contributed by atoms with Gasteiger partial charge in [0.1, 0.15) is 0 Å². The van der Waals surface area contributed by atoms with Gasteiger partial charge in [-0.25, -0.2) is 0 Å². The second kappa shape index (κ2) is 5.53. The second-order valence-electron chi connectivity index (χ2n) is 5.44. The molecule has 90 valence electrons. The number of hydrogen-bond acceptors (Lipinski definition) is 1. The van der Waals surface area contributed by atoms with Crippen LogP contribution in [0.1, 0.15) is 38.2 Å². The Morgan fingerprint density at radius 3 is 2.69 bits per heavy atom. The van der Waals surface area contributed by atoms with E-state index in [-0.39, 0.29) is 0 Å². The molecule has 16 heavy (non-hydrogen) atoms. The van der Waals surface area contributed by atoms with Gasteiger partial charge < -0.3 is 9.88 Å². The van der Waals surface area contributed by atoms with Gasteiger partial charge in [-0.15, -0.1) is 0 Å². The SMILES string of the molecule is CC1CCC(CNCc2ccn(C)c2)CC1. The molecule has 0 aliphatic heterocycles. The van der Waals surface area contributed by atoms with E-state index in [0.717, 1.165) is 18.4 Å². The minimum absolute atomic E-state index is 0.917. The summed E-state index contributed by atoms with van der Waals surface area (Å²) < 4.78 is 2.11. The number of aryl methyl sites for hydroxylation is 1. The third-order valence-corrected chi connectivity index (χ3v) is 3.79. The molecule has 0 saturated heterocycles. The zero-order chi connectivity index (χ0) is 11.4. The van der Waals surface area contributed by atoms with E-state index >= 15 is 0 Å². The van der Waals surface area contributed by atoms with Crippen molar-refractivity contribution in [2.75, 3.05) is 6.54 Å². The fraction of sp³-hybridized carbons (Fsp3) is 0.714. The van der Waals surface area contributed by atoms with Crippen LogP contribution in [-0.4, -0.2) is 11.1 Å². The van der Waals surface area contributed by atoms with Crippen LogP contribution in [-0.2, 0) is 13.6 Å². The standard InChI is InChI=1S/C14H24N2/c1-12-3-5-13(6-4-12)9-15-10-14-7-8-16(2)11-14/h7-8,11-13,15H,3-6,9-10H2,1-2H3. The van der Waals surface area contributed by atoms with Gasteiger partial charge in [0.05, 0.1) is 0 Å². The maximum atomic E-state index is 3.59. The maximum absolute atomic E-state index is 3.59. The van der Waals surface area contributed by atoms with E-state index in [2.05, 4.69) is 42.3 Å². The van der Waals surface area contributed by atoms with Crippen LogP contribution < -0.4 is 5.32 Å². The first-order valence-corrected chi connectivity index (χ1v) is 6.55. The highest BCUT2D eigenvalue weighted by atomic mass is 14.9. The number of nitrogens with zero attached hydrogens (tertiary/aromatic N) is 1. The van der Waals surface area contributed by atoms with Gasteiger partial charge in [-0.05, 0) is 42.9 Å². The molecular weight excluding hydrogens is 196 g/mol. The quantitative estimate of drug-likeness (QED) is 0.825. The molecule has 1 saturated carbocycles. The van der Waals surface area contributed by atoms with Crippen molar-refractivity contribution in [2.24, 2.45) is 18.9 Å². The Bertz CT molecular complexity index is 308. The monoisotopic (exact) mass is 220 g/mol. The normalized spacial score (nSPS) is 25.9. The Labute approximate surface area is 99.0 Å². The van der Waals surface area contributed by atoms with Crippen molar-refractivity contribution in [3.63, 3.8) is 0 Å². The van der Waals surface area contributed by atoms with Crippen molar-refractivity contribution in [1.82, 2.24) is 9.88 Å². The largest absolute Gasteiger partial charge is 0.357 e. The summed E-state index contributed by atoms with van der Waals surface area (Å²) in [4.78, 5) is 0. The Kier molecular flexibility index (Phi) is 4.05. The van der Waals surface area contributed by atoms with Crippen molar-refractivity contribution >= 4 is 0 Å². The average molecular weight is 220 g/mol. The van der Waals surface area contributed by atoms with Gasteiger partial charge >= 0.3 is 0 Å². The van der Waals surface area contributed by atoms with Crippen LogP contribution in [0.2, 0.25) is 0 Å². The first-order valence-electron chi connectivity index (χ1n) is 6.55. The molecule has 0 spiro atoms. The summed E-state index contributed by atoms with van der Waals surface area (Å²) in [5, 5.41) is 3.59. The summed E-state index contributed by atoms with van der Waals surface area (Å²) in [6.45, 7) is 4.60. The predicted octanol–water partition coefficient (Wildman–Crippen LogP) is 2.94. The molecule has 2 nitrogen and oxygen atoms in total. The van der Waals surface area contributed by atoms with Crippen molar-refractivity contribution < 1.29 is 0 Å².